The predicted molar refractivity (Wildman–Crippen MR) is 82.2 cm³/mol. The molecule has 1 N–H and O–H groups in total. The van der Waals surface area contributed by atoms with Gasteiger partial charge in [-0.05, 0) is 49.9 Å². The highest BCUT2D eigenvalue weighted by molar-refractivity contribution is 8.14. The molecule has 0 atom stereocenters. The van der Waals surface area contributed by atoms with E-state index >= 15 is 0 Å². The smallest absolute Gasteiger partial charge is 0.161 e. The molecule has 1 aromatic carbocycles. The quantitative estimate of drug-likeness (QED) is 0.854. The summed E-state index contributed by atoms with van der Waals surface area (Å²) in [7, 11) is 0. The number of hydrogen-bond donors (Lipinski definition) is 1. The molecule has 102 valence electrons. The number of amidine groups is 1. The van der Waals surface area contributed by atoms with Crippen molar-refractivity contribution < 1.29 is 4.74 Å². The molecule has 0 bridgehead atoms. The Kier molecular flexibility index (Phi) is 3.54. The number of nitrogens with one attached hydrogen (secondary N) is 1. The van der Waals surface area contributed by atoms with E-state index in [-0.39, 0.29) is 5.54 Å². The summed E-state index contributed by atoms with van der Waals surface area (Å²) < 4.78 is 5.44. The van der Waals surface area contributed by atoms with Gasteiger partial charge in [0.25, 0.3) is 0 Å². The van der Waals surface area contributed by atoms with Crippen molar-refractivity contribution >= 4 is 22.6 Å². The van der Waals surface area contributed by atoms with Crippen LogP contribution in [0.4, 0.5) is 5.69 Å². The third kappa shape index (κ3) is 2.79. The fourth-order valence-electron chi connectivity index (χ4n) is 2.50. The Balaban J connectivity index is 1.73. The molecule has 1 saturated heterocycles. The molecule has 0 aromatic heterocycles. The second-order valence-corrected chi connectivity index (χ2v) is 6.43. The van der Waals surface area contributed by atoms with Gasteiger partial charge in [0.05, 0.1) is 5.54 Å². The first-order valence-electron chi connectivity index (χ1n) is 6.82. The summed E-state index contributed by atoms with van der Waals surface area (Å²) in [5.74, 6) is 1.09. The van der Waals surface area contributed by atoms with Gasteiger partial charge in [-0.25, -0.2) is 0 Å². The molecule has 1 fully saturated rings. The van der Waals surface area contributed by atoms with E-state index in [0.29, 0.717) is 0 Å². The van der Waals surface area contributed by atoms with Gasteiger partial charge in [0.1, 0.15) is 0 Å². The average molecular weight is 276 g/mol. The molecule has 1 spiro atoms. The fraction of sp³-hybridized carbons (Fsp3) is 0.533. The molecule has 0 saturated carbocycles. The number of hydrogen-bond acceptors (Lipinski definition) is 4. The van der Waals surface area contributed by atoms with Crippen LogP contribution in [0.5, 0.6) is 0 Å². The van der Waals surface area contributed by atoms with Gasteiger partial charge in [-0.1, -0.05) is 17.8 Å². The minimum atomic E-state index is 0.130. The van der Waals surface area contributed by atoms with Crippen molar-refractivity contribution in [2.45, 2.75) is 32.2 Å². The molecule has 1 aromatic rings. The zero-order valence-corrected chi connectivity index (χ0v) is 12.3. The van der Waals surface area contributed by atoms with Crippen LogP contribution in [-0.2, 0) is 4.74 Å². The summed E-state index contributed by atoms with van der Waals surface area (Å²) >= 11 is 1.84. The second kappa shape index (κ2) is 5.17. The monoisotopic (exact) mass is 276 g/mol. The largest absolute Gasteiger partial charge is 0.381 e. The van der Waals surface area contributed by atoms with E-state index in [9.17, 15) is 0 Å². The van der Waals surface area contributed by atoms with Gasteiger partial charge >= 0.3 is 0 Å². The molecule has 3 nitrogen and oxygen atoms in total. The van der Waals surface area contributed by atoms with Gasteiger partial charge in [0.15, 0.2) is 5.17 Å². The molecule has 3 rings (SSSR count). The summed E-state index contributed by atoms with van der Waals surface area (Å²) in [6, 6.07) is 6.47. The minimum absolute atomic E-state index is 0.130. The first kappa shape index (κ1) is 13.0. The SMILES string of the molecule is Cc1ccc(NC2=NC3(CCOCC3)CS2)cc1C. The van der Waals surface area contributed by atoms with E-state index in [0.717, 1.165) is 42.7 Å². The van der Waals surface area contributed by atoms with Gasteiger partial charge in [-0.2, -0.15) is 0 Å². The number of ether oxygens (including phenoxy) is 1. The number of thioether (sulfide) groups is 1. The van der Waals surface area contributed by atoms with E-state index in [1.165, 1.54) is 11.1 Å². The lowest BCUT2D eigenvalue weighted by Crippen LogP contribution is -2.34. The van der Waals surface area contributed by atoms with Crippen molar-refractivity contribution in [1.29, 1.82) is 0 Å². The van der Waals surface area contributed by atoms with Crippen LogP contribution >= 0.6 is 11.8 Å². The van der Waals surface area contributed by atoms with Gasteiger partial charge in [-0.15, -0.1) is 0 Å². The topological polar surface area (TPSA) is 33.6 Å². The first-order chi connectivity index (χ1) is 9.17. The Morgan fingerprint density at radius 2 is 2.00 bits per heavy atom. The van der Waals surface area contributed by atoms with Crippen molar-refractivity contribution in [2.24, 2.45) is 4.99 Å². The molecule has 19 heavy (non-hydrogen) atoms. The summed E-state index contributed by atoms with van der Waals surface area (Å²) in [4.78, 5) is 4.91. The number of benzene rings is 1. The van der Waals surface area contributed by atoms with Gasteiger partial charge in [0, 0.05) is 24.7 Å². The third-order valence-electron chi connectivity index (χ3n) is 4.00. The highest BCUT2D eigenvalue weighted by atomic mass is 32.2. The number of aliphatic imine (C=N–C) groups is 1. The Bertz CT molecular complexity index is 507. The van der Waals surface area contributed by atoms with Crippen molar-refractivity contribution in [3.63, 3.8) is 0 Å². The predicted octanol–water partition coefficient (Wildman–Crippen LogP) is 3.37. The molecular formula is C15H20N2OS. The Hall–Kier alpha value is -1.00. The Morgan fingerprint density at radius 1 is 1.21 bits per heavy atom. The van der Waals surface area contributed by atoms with E-state index in [2.05, 4.69) is 37.4 Å². The Morgan fingerprint density at radius 3 is 2.74 bits per heavy atom. The first-order valence-corrected chi connectivity index (χ1v) is 7.80. The fourth-order valence-corrected chi connectivity index (χ4v) is 3.70. The summed E-state index contributed by atoms with van der Waals surface area (Å²) in [5.41, 5.74) is 3.91. The maximum absolute atomic E-state index is 5.44. The van der Waals surface area contributed by atoms with Crippen LogP contribution < -0.4 is 5.32 Å². The minimum Gasteiger partial charge on any atom is -0.381 e. The van der Waals surface area contributed by atoms with Crippen LogP contribution in [0.15, 0.2) is 23.2 Å². The molecule has 0 unspecified atom stereocenters. The van der Waals surface area contributed by atoms with Crippen LogP contribution in [0, 0.1) is 13.8 Å². The van der Waals surface area contributed by atoms with Crippen LogP contribution in [0.2, 0.25) is 0 Å². The zero-order valence-electron chi connectivity index (χ0n) is 11.5. The van der Waals surface area contributed by atoms with E-state index in [1.54, 1.807) is 0 Å². The molecule has 0 aliphatic carbocycles. The number of rotatable bonds is 1. The van der Waals surface area contributed by atoms with Crippen molar-refractivity contribution in [3.8, 4) is 0 Å². The molecule has 4 heteroatoms. The van der Waals surface area contributed by atoms with Crippen LogP contribution in [0.25, 0.3) is 0 Å². The van der Waals surface area contributed by atoms with E-state index < -0.39 is 0 Å². The van der Waals surface area contributed by atoms with Crippen molar-refractivity contribution in [1.82, 2.24) is 0 Å². The van der Waals surface area contributed by atoms with Gasteiger partial charge < -0.3 is 10.1 Å². The third-order valence-corrected chi connectivity index (χ3v) is 5.15. The molecule has 2 aliphatic rings. The lowest BCUT2D eigenvalue weighted by molar-refractivity contribution is 0.0624. The van der Waals surface area contributed by atoms with Crippen molar-refractivity contribution in [3.05, 3.63) is 29.3 Å². The molecular weight excluding hydrogens is 256 g/mol. The average Bonchev–Trinajstić information content (AvgIpc) is 2.78. The van der Waals surface area contributed by atoms with Gasteiger partial charge in [-0.3, -0.25) is 4.99 Å². The highest BCUT2D eigenvalue weighted by Gasteiger charge is 2.37. The number of aryl methyl sites for hydroxylation is 2. The maximum Gasteiger partial charge on any atom is 0.161 e. The van der Waals surface area contributed by atoms with E-state index in [1.807, 2.05) is 11.8 Å². The molecule has 0 amide bonds. The van der Waals surface area contributed by atoms with Crippen LogP contribution in [-0.4, -0.2) is 29.7 Å². The van der Waals surface area contributed by atoms with Gasteiger partial charge in [0.2, 0.25) is 0 Å². The second-order valence-electron chi connectivity index (χ2n) is 5.47. The van der Waals surface area contributed by atoms with E-state index in [4.69, 9.17) is 9.73 Å². The van der Waals surface area contributed by atoms with Crippen LogP contribution in [0.3, 0.4) is 0 Å². The lowest BCUT2D eigenvalue weighted by atomic mass is 9.93. The zero-order chi connectivity index (χ0) is 13.3. The van der Waals surface area contributed by atoms with Crippen molar-refractivity contribution in [2.75, 3.05) is 24.3 Å². The van der Waals surface area contributed by atoms with Crippen LogP contribution in [0.1, 0.15) is 24.0 Å². The number of nitrogens with zero attached hydrogens (tertiary/aromatic N) is 1. The standard InChI is InChI=1S/C15H20N2OS/c1-11-3-4-13(9-12(11)2)16-14-17-15(10-19-14)5-7-18-8-6-15/h3-4,9H,5-8,10H2,1-2H3,(H,16,17). The maximum atomic E-state index is 5.44. The highest BCUT2D eigenvalue weighted by Crippen LogP contribution is 2.36. The summed E-state index contributed by atoms with van der Waals surface area (Å²) in [6.07, 6.45) is 2.11. The molecule has 2 heterocycles. The molecule has 0 radical (unpaired) electrons. The number of anilines is 1. The summed E-state index contributed by atoms with van der Waals surface area (Å²) in [5, 5.41) is 4.51. The Labute approximate surface area is 118 Å². The normalized spacial score (nSPS) is 21.5. The lowest BCUT2D eigenvalue weighted by Gasteiger charge is -2.29. The summed E-state index contributed by atoms with van der Waals surface area (Å²) in [6.45, 7) is 5.98. The molecule has 2 aliphatic heterocycles.